The Morgan fingerprint density at radius 3 is 1.87 bits per heavy atom. The summed E-state index contributed by atoms with van der Waals surface area (Å²) in [4.78, 5) is 23.6. The first-order valence-corrected chi connectivity index (χ1v) is 13.9. The maximum absolute atomic E-state index is 13.9. The Labute approximate surface area is 261 Å². The van der Waals surface area contributed by atoms with Gasteiger partial charge in [-0.05, 0) is 59.2 Å². The fraction of sp³-hybridized carbons (Fsp3) is 0.125. The van der Waals surface area contributed by atoms with Crippen LogP contribution in [0.3, 0.4) is 0 Å². The number of nitrogens with zero attached hydrogens (tertiary/aromatic N) is 4. The lowest BCUT2D eigenvalue weighted by Crippen LogP contribution is -2.19. The van der Waals surface area contributed by atoms with E-state index in [-0.39, 0.29) is 59.5 Å². The predicted octanol–water partition coefficient (Wildman–Crippen LogP) is 6.30. The Morgan fingerprint density at radius 2 is 1.22 bits per heavy atom. The highest BCUT2D eigenvalue weighted by atomic mass is 35.5. The van der Waals surface area contributed by atoms with Crippen LogP contribution in [-0.2, 0) is 25.9 Å². The fourth-order valence-electron chi connectivity index (χ4n) is 4.44. The van der Waals surface area contributed by atoms with E-state index in [1.807, 2.05) is 0 Å². The maximum Gasteiger partial charge on any atom is 0.441 e. The standard InChI is InChI=1S/C16H11ClF2N2O2.C16H11F3N2O2/c17-13-5-2-6-14(19)12(13)9-21-15(20-23-16(21)22)8-10-3-1-4-11(18)7-10;17-12-4-1-10(2-5-12)9-21-15(20-23-16(21)22)7-11-3-6-13(18)8-14(11)19/h1-7H,8-9H2;1-6,8H,7,9H2. The van der Waals surface area contributed by atoms with Gasteiger partial charge in [-0.3, -0.25) is 18.2 Å². The molecule has 0 unspecified atom stereocenters. The lowest BCUT2D eigenvalue weighted by molar-refractivity contribution is 0.374. The molecule has 0 saturated heterocycles. The van der Waals surface area contributed by atoms with Crippen LogP contribution in [-0.4, -0.2) is 19.4 Å². The van der Waals surface area contributed by atoms with Crippen LogP contribution < -0.4 is 11.5 Å². The predicted molar refractivity (Wildman–Crippen MR) is 156 cm³/mol. The van der Waals surface area contributed by atoms with Crippen molar-refractivity contribution in [3.05, 3.63) is 174 Å². The van der Waals surface area contributed by atoms with Gasteiger partial charge in [0.05, 0.1) is 13.1 Å². The second-order valence-corrected chi connectivity index (χ2v) is 10.4. The van der Waals surface area contributed by atoms with Crippen molar-refractivity contribution < 1.29 is 31.0 Å². The molecule has 0 aliphatic heterocycles. The Hall–Kier alpha value is -5.30. The Morgan fingerprint density at radius 1 is 0.609 bits per heavy atom. The zero-order valence-corrected chi connectivity index (χ0v) is 24.4. The highest BCUT2D eigenvalue weighted by Crippen LogP contribution is 2.21. The molecule has 0 radical (unpaired) electrons. The Kier molecular flexibility index (Phi) is 9.91. The van der Waals surface area contributed by atoms with Gasteiger partial charge in [0.25, 0.3) is 0 Å². The number of hydrogen-bond donors (Lipinski definition) is 0. The molecule has 0 fully saturated rings. The van der Waals surface area contributed by atoms with Gasteiger partial charge >= 0.3 is 11.5 Å². The topological polar surface area (TPSA) is 96.1 Å². The molecule has 6 aromatic rings. The van der Waals surface area contributed by atoms with Gasteiger partial charge in [-0.15, -0.1) is 0 Å². The summed E-state index contributed by atoms with van der Waals surface area (Å²) in [6, 6.07) is 18.9. The lowest BCUT2D eigenvalue weighted by atomic mass is 10.1. The van der Waals surface area contributed by atoms with E-state index in [0.717, 1.165) is 12.1 Å². The monoisotopic (exact) mass is 656 g/mol. The molecule has 2 heterocycles. The summed E-state index contributed by atoms with van der Waals surface area (Å²) < 4.78 is 78.4. The number of benzene rings is 4. The zero-order chi connectivity index (χ0) is 32.8. The van der Waals surface area contributed by atoms with Crippen LogP contribution >= 0.6 is 11.6 Å². The van der Waals surface area contributed by atoms with Crippen molar-refractivity contribution >= 4 is 11.6 Å². The molecule has 0 amide bonds. The van der Waals surface area contributed by atoms with Crippen LogP contribution in [0.4, 0.5) is 22.0 Å². The van der Waals surface area contributed by atoms with Gasteiger partial charge in [0.1, 0.15) is 29.1 Å². The van der Waals surface area contributed by atoms with Crippen LogP contribution in [0, 0.1) is 29.1 Å². The summed E-state index contributed by atoms with van der Waals surface area (Å²) in [7, 11) is 0. The molecule has 14 heteroatoms. The van der Waals surface area contributed by atoms with Crippen LogP contribution in [0.5, 0.6) is 0 Å². The Balaban J connectivity index is 0.000000181. The largest absolute Gasteiger partial charge is 0.441 e. The highest BCUT2D eigenvalue weighted by molar-refractivity contribution is 6.31. The van der Waals surface area contributed by atoms with Crippen molar-refractivity contribution in [3.8, 4) is 0 Å². The molecule has 2 aromatic heterocycles. The van der Waals surface area contributed by atoms with Gasteiger partial charge in [0, 0.05) is 29.5 Å². The second kappa shape index (κ2) is 14.2. The van der Waals surface area contributed by atoms with Crippen molar-refractivity contribution in [1.82, 2.24) is 19.4 Å². The third kappa shape index (κ3) is 7.85. The van der Waals surface area contributed by atoms with E-state index < -0.39 is 34.8 Å². The van der Waals surface area contributed by atoms with E-state index in [0.29, 0.717) is 11.1 Å². The normalized spacial score (nSPS) is 10.9. The quantitative estimate of drug-likeness (QED) is 0.179. The smallest absolute Gasteiger partial charge is 0.296 e. The van der Waals surface area contributed by atoms with E-state index >= 15 is 0 Å². The summed E-state index contributed by atoms with van der Waals surface area (Å²) >= 11 is 5.98. The number of halogens is 6. The molecule has 0 bridgehead atoms. The fourth-order valence-corrected chi connectivity index (χ4v) is 4.66. The minimum Gasteiger partial charge on any atom is -0.296 e. The van der Waals surface area contributed by atoms with Crippen LogP contribution in [0.1, 0.15) is 33.9 Å². The molecule has 0 N–H and O–H groups in total. The van der Waals surface area contributed by atoms with E-state index in [9.17, 15) is 31.5 Å². The molecule has 46 heavy (non-hydrogen) atoms. The number of rotatable bonds is 8. The highest BCUT2D eigenvalue weighted by Gasteiger charge is 2.17. The summed E-state index contributed by atoms with van der Waals surface area (Å²) in [5.41, 5.74) is 1.64. The van der Waals surface area contributed by atoms with E-state index in [2.05, 4.69) is 19.4 Å². The number of hydrogen-bond acceptors (Lipinski definition) is 6. The second-order valence-electron chi connectivity index (χ2n) is 9.95. The number of aromatic nitrogens is 4. The average Bonchev–Trinajstić information content (AvgIpc) is 3.54. The SMILES string of the molecule is O=c1onc(Cc2ccc(F)cc2F)n1Cc1ccc(F)cc1.O=c1onc(Cc2cccc(F)c2)n1Cc1c(F)cccc1Cl. The van der Waals surface area contributed by atoms with Gasteiger partial charge < -0.3 is 0 Å². The molecule has 0 saturated carbocycles. The minimum atomic E-state index is -0.728. The molecular formula is C32H22ClF5N4O4. The molecule has 8 nitrogen and oxygen atoms in total. The minimum absolute atomic E-state index is 0.0287. The van der Waals surface area contributed by atoms with Crippen molar-refractivity contribution in [1.29, 1.82) is 0 Å². The van der Waals surface area contributed by atoms with E-state index in [1.54, 1.807) is 12.1 Å². The van der Waals surface area contributed by atoms with E-state index in [1.165, 1.54) is 69.8 Å². The van der Waals surface area contributed by atoms with Crippen LogP contribution in [0.2, 0.25) is 5.02 Å². The van der Waals surface area contributed by atoms with Gasteiger partial charge in [-0.2, -0.15) is 0 Å². The van der Waals surface area contributed by atoms with Crippen LogP contribution in [0.15, 0.2) is 104 Å². The van der Waals surface area contributed by atoms with Crippen LogP contribution in [0.25, 0.3) is 0 Å². The summed E-state index contributed by atoms with van der Waals surface area (Å²) in [5, 5.41) is 7.52. The van der Waals surface area contributed by atoms with Gasteiger partial charge in [-0.1, -0.05) is 58.3 Å². The first-order chi connectivity index (χ1) is 22.1. The molecule has 0 aliphatic rings. The van der Waals surface area contributed by atoms with Crippen molar-refractivity contribution in [2.24, 2.45) is 0 Å². The van der Waals surface area contributed by atoms with Gasteiger partial charge in [0.15, 0.2) is 11.6 Å². The molecule has 0 spiro atoms. The summed E-state index contributed by atoms with van der Waals surface area (Å²) in [6.07, 6.45) is 0.147. The third-order valence-electron chi connectivity index (χ3n) is 6.77. The Bertz CT molecular complexity index is 2070. The van der Waals surface area contributed by atoms with Crippen molar-refractivity contribution in [2.75, 3.05) is 0 Å². The van der Waals surface area contributed by atoms with Gasteiger partial charge in [0.2, 0.25) is 0 Å². The molecule has 236 valence electrons. The molecule has 0 aliphatic carbocycles. The molecule has 0 atom stereocenters. The summed E-state index contributed by atoms with van der Waals surface area (Å²) in [6.45, 7) is -0.000745. The first kappa shape index (κ1) is 32.1. The van der Waals surface area contributed by atoms with E-state index in [4.69, 9.17) is 11.6 Å². The third-order valence-corrected chi connectivity index (χ3v) is 7.12. The van der Waals surface area contributed by atoms with Crippen molar-refractivity contribution in [2.45, 2.75) is 25.9 Å². The maximum atomic E-state index is 13.9. The molecule has 6 rings (SSSR count). The lowest BCUT2D eigenvalue weighted by Gasteiger charge is -2.08. The van der Waals surface area contributed by atoms with Crippen molar-refractivity contribution in [3.63, 3.8) is 0 Å². The average molecular weight is 657 g/mol. The molecular weight excluding hydrogens is 635 g/mol. The van der Waals surface area contributed by atoms with Gasteiger partial charge in [-0.25, -0.2) is 31.5 Å². The zero-order valence-electron chi connectivity index (χ0n) is 23.6. The first-order valence-electron chi connectivity index (χ1n) is 13.5. The molecule has 4 aromatic carbocycles. The summed E-state index contributed by atoms with van der Waals surface area (Å²) in [5.74, 6) is -3.68.